The van der Waals surface area contributed by atoms with Crippen molar-refractivity contribution in [1.29, 1.82) is 0 Å². The van der Waals surface area contributed by atoms with Gasteiger partial charge in [0.15, 0.2) is 5.78 Å². The molecule has 24 heavy (non-hydrogen) atoms. The van der Waals surface area contributed by atoms with Crippen LogP contribution in [0.15, 0.2) is 0 Å². The average molecular weight is 336 g/mol. The van der Waals surface area contributed by atoms with Crippen molar-refractivity contribution in [2.75, 3.05) is 33.4 Å². The SMILES string of the molecule is CN1C(=O)N(CC(=O)C2CNCNC2)C(=O)C1(C)C1CCCCC1. The van der Waals surface area contributed by atoms with E-state index in [0.717, 1.165) is 25.7 Å². The van der Waals surface area contributed by atoms with Crippen LogP contribution in [0.4, 0.5) is 4.79 Å². The minimum absolute atomic E-state index is 0.0577. The molecule has 0 aromatic heterocycles. The quantitative estimate of drug-likeness (QED) is 0.733. The lowest BCUT2D eigenvalue weighted by Gasteiger charge is -2.38. The molecule has 0 spiro atoms. The fourth-order valence-corrected chi connectivity index (χ4v) is 4.30. The van der Waals surface area contributed by atoms with E-state index >= 15 is 0 Å². The van der Waals surface area contributed by atoms with Crippen LogP contribution in [0.5, 0.6) is 0 Å². The topological polar surface area (TPSA) is 81.8 Å². The minimum atomic E-state index is -0.805. The van der Waals surface area contributed by atoms with Crippen molar-refractivity contribution < 1.29 is 14.4 Å². The number of hydrogen-bond donors (Lipinski definition) is 2. The van der Waals surface area contributed by atoms with Gasteiger partial charge in [-0.3, -0.25) is 14.5 Å². The fourth-order valence-electron chi connectivity index (χ4n) is 4.30. The highest BCUT2D eigenvalue weighted by atomic mass is 16.2. The normalized spacial score (nSPS) is 30.2. The van der Waals surface area contributed by atoms with Crippen LogP contribution in [0.1, 0.15) is 39.0 Å². The van der Waals surface area contributed by atoms with Gasteiger partial charge in [0.05, 0.1) is 6.54 Å². The summed E-state index contributed by atoms with van der Waals surface area (Å²) in [5.41, 5.74) is -0.805. The first-order chi connectivity index (χ1) is 11.5. The van der Waals surface area contributed by atoms with Crippen molar-refractivity contribution in [3.05, 3.63) is 0 Å². The molecule has 1 unspecified atom stereocenters. The first-order valence-electron chi connectivity index (χ1n) is 9.00. The van der Waals surface area contributed by atoms with Crippen molar-refractivity contribution in [3.63, 3.8) is 0 Å². The smallest absolute Gasteiger partial charge is 0.313 e. The zero-order valence-electron chi connectivity index (χ0n) is 14.6. The number of carbonyl (C=O) groups is 3. The third kappa shape index (κ3) is 2.84. The van der Waals surface area contributed by atoms with E-state index in [0.29, 0.717) is 19.8 Å². The molecule has 0 aromatic carbocycles. The molecule has 1 saturated carbocycles. The number of amides is 3. The molecule has 2 aliphatic heterocycles. The van der Waals surface area contributed by atoms with Crippen LogP contribution >= 0.6 is 0 Å². The Morgan fingerprint density at radius 2 is 1.79 bits per heavy atom. The number of carbonyl (C=O) groups excluding carboxylic acids is 3. The maximum Gasteiger partial charge on any atom is 0.327 e. The Kier molecular flexibility index (Phi) is 4.92. The fraction of sp³-hybridized carbons (Fsp3) is 0.824. The van der Waals surface area contributed by atoms with E-state index in [-0.39, 0.29) is 36.1 Å². The van der Waals surface area contributed by atoms with Crippen LogP contribution in [-0.2, 0) is 9.59 Å². The van der Waals surface area contributed by atoms with Crippen molar-refractivity contribution >= 4 is 17.7 Å². The van der Waals surface area contributed by atoms with Gasteiger partial charge in [-0.05, 0) is 25.7 Å². The van der Waals surface area contributed by atoms with E-state index < -0.39 is 5.54 Å². The Bertz CT molecular complexity index is 526. The molecule has 3 fully saturated rings. The molecule has 7 nitrogen and oxygen atoms in total. The van der Waals surface area contributed by atoms with Crippen LogP contribution in [0.3, 0.4) is 0 Å². The van der Waals surface area contributed by atoms with Gasteiger partial charge in [0.1, 0.15) is 5.54 Å². The van der Waals surface area contributed by atoms with Gasteiger partial charge in [-0.2, -0.15) is 0 Å². The van der Waals surface area contributed by atoms with E-state index in [1.165, 1.54) is 11.3 Å². The predicted molar refractivity (Wildman–Crippen MR) is 89.2 cm³/mol. The molecule has 3 amide bonds. The summed E-state index contributed by atoms with van der Waals surface area (Å²) in [5, 5.41) is 6.22. The largest absolute Gasteiger partial charge is 0.327 e. The molecule has 0 bridgehead atoms. The van der Waals surface area contributed by atoms with E-state index in [4.69, 9.17) is 0 Å². The average Bonchev–Trinajstić information content (AvgIpc) is 2.79. The predicted octanol–water partition coefficient (Wildman–Crippen LogP) is 0.555. The van der Waals surface area contributed by atoms with E-state index in [1.807, 2.05) is 6.92 Å². The van der Waals surface area contributed by atoms with Gasteiger partial charge < -0.3 is 15.5 Å². The van der Waals surface area contributed by atoms with Gasteiger partial charge in [-0.15, -0.1) is 0 Å². The summed E-state index contributed by atoms with van der Waals surface area (Å²) in [4.78, 5) is 40.9. The van der Waals surface area contributed by atoms with Crippen LogP contribution in [0, 0.1) is 11.8 Å². The summed E-state index contributed by atoms with van der Waals surface area (Å²) in [6.45, 7) is 3.64. The molecule has 1 aliphatic carbocycles. The number of hydrogen-bond acceptors (Lipinski definition) is 5. The van der Waals surface area contributed by atoms with Crippen LogP contribution in [-0.4, -0.2) is 66.4 Å². The summed E-state index contributed by atoms with van der Waals surface area (Å²) in [5.74, 6) is -0.262. The number of ketones is 1. The molecular weight excluding hydrogens is 308 g/mol. The Morgan fingerprint density at radius 3 is 2.42 bits per heavy atom. The maximum absolute atomic E-state index is 13.0. The molecule has 134 valence electrons. The molecule has 2 heterocycles. The molecule has 3 rings (SSSR count). The highest BCUT2D eigenvalue weighted by Gasteiger charge is 2.56. The second kappa shape index (κ2) is 6.80. The number of rotatable bonds is 4. The molecular formula is C17H28N4O3. The zero-order valence-corrected chi connectivity index (χ0v) is 14.6. The molecule has 7 heteroatoms. The highest BCUT2D eigenvalue weighted by Crippen LogP contribution is 2.40. The summed E-state index contributed by atoms with van der Waals surface area (Å²) in [6.07, 6.45) is 5.35. The second-order valence-corrected chi connectivity index (χ2v) is 7.46. The van der Waals surface area contributed by atoms with Gasteiger partial charge in [0.25, 0.3) is 5.91 Å². The zero-order chi connectivity index (χ0) is 17.3. The van der Waals surface area contributed by atoms with Crippen molar-refractivity contribution in [3.8, 4) is 0 Å². The standard InChI is InChI=1S/C17H28N4O3/c1-17(13-6-4-3-5-7-13)15(23)21(16(24)20(17)2)10-14(22)12-8-18-11-19-9-12/h12-13,18-19H,3-11H2,1-2H3. The molecule has 0 aromatic rings. The summed E-state index contributed by atoms with van der Waals surface area (Å²) in [6, 6.07) is -0.335. The monoisotopic (exact) mass is 336 g/mol. The maximum atomic E-state index is 13.0. The molecule has 3 aliphatic rings. The number of nitrogens with one attached hydrogen (secondary N) is 2. The van der Waals surface area contributed by atoms with Crippen LogP contribution in [0.2, 0.25) is 0 Å². The van der Waals surface area contributed by atoms with Gasteiger partial charge in [0, 0.05) is 32.7 Å². The van der Waals surface area contributed by atoms with Crippen molar-refractivity contribution in [1.82, 2.24) is 20.4 Å². The molecule has 2 saturated heterocycles. The van der Waals surface area contributed by atoms with Crippen LogP contribution < -0.4 is 10.6 Å². The van der Waals surface area contributed by atoms with Gasteiger partial charge in [0.2, 0.25) is 0 Å². The lowest BCUT2D eigenvalue weighted by atomic mass is 9.75. The summed E-state index contributed by atoms with van der Waals surface area (Å²) < 4.78 is 0. The lowest BCUT2D eigenvalue weighted by molar-refractivity contribution is -0.138. The van der Waals surface area contributed by atoms with Gasteiger partial charge >= 0.3 is 6.03 Å². The van der Waals surface area contributed by atoms with Crippen LogP contribution in [0.25, 0.3) is 0 Å². The third-order valence-corrected chi connectivity index (χ3v) is 6.09. The Balaban J connectivity index is 1.73. The molecule has 0 radical (unpaired) electrons. The van der Waals surface area contributed by atoms with Crippen molar-refractivity contribution in [2.45, 2.75) is 44.6 Å². The number of nitrogens with zero attached hydrogens (tertiary/aromatic N) is 2. The second-order valence-electron chi connectivity index (χ2n) is 7.46. The Morgan fingerprint density at radius 1 is 1.17 bits per heavy atom. The van der Waals surface area contributed by atoms with Crippen molar-refractivity contribution in [2.24, 2.45) is 11.8 Å². The first kappa shape index (κ1) is 17.4. The molecule has 1 atom stereocenters. The summed E-state index contributed by atoms with van der Waals surface area (Å²) in [7, 11) is 1.70. The number of urea groups is 1. The van der Waals surface area contributed by atoms with E-state index in [9.17, 15) is 14.4 Å². The number of Topliss-reactive ketones (excluding diaryl/α,β-unsaturated/α-hetero) is 1. The van der Waals surface area contributed by atoms with E-state index in [2.05, 4.69) is 10.6 Å². The minimum Gasteiger partial charge on any atom is -0.313 e. The first-order valence-corrected chi connectivity index (χ1v) is 9.00. The Labute approximate surface area is 143 Å². The number of likely N-dealkylation sites (N-methyl/N-ethyl adjacent to an activating group) is 1. The summed E-state index contributed by atoms with van der Waals surface area (Å²) >= 11 is 0. The Hall–Kier alpha value is -1.47. The van der Waals surface area contributed by atoms with Gasteiger partial charge in [-0.25, -0.2) is 4.79 Å². The van der Waals surface area contributed by atoms with Gasteiger partial charge in [-0.1, -0.05) is 19.3 Å². The molecule has 2 N–H and O–H groups in total. The van der Waals surface area contributed by atoms with E-state index in [1.54, 1.807) is 11.9 Å². The number of imide groups is 1. The lowest BCUT2D eigenvalue weighted by Crippen LogP contribution is -2.52. The highest BCUT2D eigenvalue weighted by molar-refractivity contribution is 6.09. The third-order valence-electron chi connectivity index (χ3n) is 6.09.